The maximum Gasteiger partial charge on any atom is 0.234 e. The van der Waals surface area contributed by atoms with Gasteiger partial charge in [-0.15, -0.1) is 10.2 Å². The van der Waals surface area contributed by atoms with Crippen LogP contribution in [0.4, 0.5) is 5.69 Å². The first-order chi connectivity index (χ1) is 13.1. The Hall–Kier alpha value is -2.07. The topological polar surface area (TPSA) is 69.0 Å². The van der Waals surface area contributed by atoms with Gasteiger partial charge in [-0.05, 0) is 78.0 Å². The van der Waals surface area contributed by atoms with E-state index in [0.29, 0.717) is 0 Å². The minimum absolute atomic E-state index is 0.0714. The molecule has 0 radical (unpaired) electrons. The number of hydrogen-bond acceptors (Lipinski definition) is 5. The fraction of sp³-hybridized carbons (Fsp3) is 0.211. The van der Waals surface area contributed by atoms with Crippen molar-refractivity contribution < 1.29 is 9.53 Å². The summed E-state index contributed by atoms with van der Waals surface area (Å²) < 4.78 is 8.33. The highest BCUT2D eigenvalue weighted by Gasteiger charge is 2.14. The van der Waals surface area contributed by atoms with E-state index in [0.717, 1.165) is 38.1 Å². The van der Waals surface area contributed by atoms with Gasteiger partial charge in [-0.1, -0.05) is 11.8 Å². The molecule has 0 saturated carbocycles. The van der Waals surface area contributed by atoms with Crippen LogP contribution in [0.3, 0.4) is 0 Å². The molecule has 0 fully saturated rings. The molecule has 1 amide bonds. The second-order valence-corrected chi connectivity index (χ2v) is 7.81. The zero-order valence-electron chi connectivity index (χ0n) is 15.0. The van der Waals surface area contributed by atoms with E-state index < -0.39 is 0 Å². The number of rotatable bonds is 7. The number of nitrogens with zero attached hydrogens (tertiary/aromatic N) is 3. The summed E-state index contributed by atoms with van der Waals surface area (Å²) in [6, 6.07) is 15.4. The average molecular weight is 494 g/mol. The molecule has 6 nitrogen and oxygen atoms in total. The largest absolute Gasteiger partial charge is 0.497 e. The molecular formula is C19H19IN4O2S. The van der Waals surface area contributed by atoms with Crippen LogP contribution in [0.2, 0.25) is 0 Å². The Labute approximate surface area is 175 Å². The van der Waals surface area contributed by atoms with Crippen LogP contribution >= 0.6 is 34.4 Å². The molecule has 0 bridgehead atoms. The molecule has 0 aliphatic carbocycles. The van der Waals surface area contributed by atoms with E-state index in [1.54, 1.807) is 7.11 Å². The first-order valence-corrected chi connectivity index (χ1v) is 10.4. The zero-order valence-corrected chi connectivity index (χ0v) is 18.0. The van der Waals surface area contributed by atoms with Crippen LogP contribution in [-0.2, 0) is 11.3 Å². The van der Waals surface area contributed by atoms with Gasteiger partial charge >= 0.3 is 0 Å². The zero-order chi connectivity index (χ0) is 19.2. The van der Waals surface area contributed by atoms with E-state index >= 15 is 0 Å². The van der Waals surface area contributed by atoms with Crippen molar-refractivity contribution in [1.82, 2.24) is 14.8 Å². The third-order valence-corrected chi connectivity index (χ3v) is 5.53. The third kappa shape index (κ3) is 5.01. The van der Waals surface area contributed by atoms with Crippen LogP contribution in [0.1, 0.15) is 6.92 Å². The van der Waals surface area contributed by atoms with E-state index in [1.807, 2.05) is 60.0 Å². The molecule has 140 valence electrons. The molecule has 0 aliphatic rings. The van der Waals surface area contributed by atoms with E-state index in [9.17, 15) is 4.79 Å². The number of nitrogens with one attached hydrogen (secondary N) is 1. The Morgan fingerprint density at radius 1 is 1.15 bits per heavy atom. The second kappa shape index (κ2) is 9.23. The lowest BCUT2D eigenvalue weighted by molar-refractivity contribution is -0.113. The molecule has 0 aliphatic heterocycles. The number of aromatic nitrogens is 3. The summed E-state index contributed by atoms with van der Waals surface area (Å²) in [7, 11) is 1.64. The molecule has 27 heavy (non-hydrogen) atoms. The van der Waals surface area contributed by atoms with Crippen molar-refractivity contribution in [3.8, 4) is 17.1 Å². The quantitative estimate of drug-likeness (QED) is 0.392. The van der Waals surface area contributed by atoms with E-state index in [-0.39, 0.29) is 11.7 Å². The van der Waals surface area contributed by atoms with E-state index in [2.05, 4.69) is 38.1 Å². The summed E-state index contributed by atoms with van der Waals surface area (Å²) in [4.78, 5) is 12.2. The van der Waals surface area contributed by atoms with Gasteiger partial charge < -0.3 is 14.6 Å². The molecule has 2 aromatic carbocycles. The van der Waals surface area contributed by atoms with Crippen LogP contribution in [-0.4, -0.2) is 33.5 Å². The number of benzene rings is 2. The predicted molar refractivity (Wildman–Crippen MR) is 116 cm³/mol. The highest BCUT2D eigenvalue weighted by molar-refractivity contribution is 14.1. The molecule has 1 aromatic heterocycles. The summed E-state index contributed by atoms with van der Waals surface area (Å²) in [6.07, 6.45) is 0. The normalized spacial score (nSPS) is 10.6. The molecule has 0 saturated heterocycles. The number of hydrogen-bond donors (Lipinski definition) is 1. The van der Waals surface area contributed by atoms with E-state index in [4.69, 9.17) is 4.74 Å². The first kappa shape index (κ1) is 19.7. The summed E-state index contributed by atoms with van der Waals surface area (Å²) in [5.41, 5.74) is 1.75. The van der Waals surface area contributed by atoms with Crippen molar-refractivity contribution in [2.45, 2.75) is 18.6 Å². The monoisotopic (exact) mass is 494 g/mol. The van der Waals surface area contributed by atoms with Gasteiger partial charge in [0.15, 0.2) is 11.0 Å². The minimum atomic E-state index is -0.0714. The number of thioether (sulfide) groups is 1. The molecule has 1 N–H and O–H groups in total. The number of amides is 1. The molecule has 3 aromatic rings. The van der Waals surface area contributed by atoms with Crippen molar-refractivity contribution in [3.63, 3.8) is 0 Å². The Bertz CT molecular complexity index is 910. The van der Waals surface area contributed by atoms with Gasteiger partial charge in [0.25, 0.3) is 0 Å². The highest BCUT2D eigenvalue weighted by atomic mass is 127. The Kier molecular flexibility index (Phi) is 6.73. The first-order valence-electron chi connectivity index (χ1n) is 8.36. The summed E-state index contributed by atoms with van der Waals surface area (Å²) in [5.74, 6) is 1.77. The van der Waals surface area contributed by atoms with Gasteiger partial charge in [-0.3, -0.25) is 4.79 Å². The maximum absolute atomic E-state index is 12.2. The summed E-state index contributed by atoms with van der Waals surface area (Å²) >= 11 is 3.61. The van der Waals surface area contributed by atoms with Crippen LogP contribution in [0.25, 0.3) is 11.4 Å². The standard InChI is InChI=1S/C19H19IN4O2S/c1-3-24-18(13-4-10-16(26-2)11-5-13)22-23-19(24)27-12-17(25)21-15-8-6-14(20)7-9-15/h4-11H,3,12H2,1-2H3,(H,21,25). The molecule has 8 heteroatoms. The number of methoxy groups -OCH3 is 1. The van der Waals surface area contributed by atoms with Crippen LogP contribution in [0.15, 0.2) is 53.7 Å². The maximum atomic E-state index is 12.2. The van der Waals surface area contributed by atoms with Crippen LogP contribution in [0.5, 0.6) is 5.75 Å². The molecule has 0 spiro atoms. The fourth-order valence-corrected chi connectivity index (χ4v) is 3.66. The SMILES string of the molecule is CCn1c(SCC(=O)Nc2ccc(I)cc2)nnc1-c1ccc(OC)cc1. The number of ether oxygens (including phenoxy) is 1. The second-order valence-electron chi connectivity index (χ2n) is 5.62. The van der Waals surface area contributed by atoms with Crippen LogP contribution in [0, 0.1) is 3.57 Å². The van der Waals surface area contributed by atoms with Crippen molar-refractivity contribution >= 4 is 45.9 Å². The van der Waals surface area contributed by atoms with Crippen molar-refractivity contribution in [1.29, 1.82) is 0 Å². The Balaban J connectivity index is 1.67. The van der Waals surface area contributed by atoms with Gasteiger partial charge in [0.1, 0.15) is 5.75 Å². The van der Waals surface area contributed by atoms with Gasteiger partial charge in [-0.25, -0.2) is 0 Å². The highest BCUT2D eigenvalue weighted by Crippen LogP contribution is 2.25. The Morgan fingerprint density at radius 2 is 1.85 bits per heavy atom. The van der Waals surface area contributed by atoms with Gasteiger partial charge in [0.05, 0.1) is 12.9 Å². The average Bonchev–Trinajstić information content (AvgIpc) is 3.11. The van der Waals surface area contributed by atoms with Gasteiger partial charge in [-0.2, -0.15) is 0 Å². The smallest absolute Gasteiger partial charge is 0.234 e. The summed E-state index contributed by atoms with van der Waals surface area (Å²) in [6.45, 7) is 2.75. The van der Waals surface area contributed by atoms with Crippen molar-refractivity contribution in [2.75, 3.05) is 18.2 Å². The van der Waals surface area contributed by atoms with Crippen molar-refractivity contribution in [2.24, 2.45) is 0 Å². The molecular weight excluding hydrogens is 475 g/mol. The minimum Gasteiger partial charge on any atom is -0.497 e. The predicted octanol–water partition coefficient (Wildman–Crippen LogP) is 4.31. The van der Waals surface area contributed by atoms with Gasteiger partial charge in [0, 0.05) is 21.4 Å². The van der Waals surface area contributed by atoms with Gasteiger partial charge in [0.2, 0.25) is 5.91 Å². The molecule has 3 rings (SSSR count). The Morgan fingerprint density at radius 3 is 2.48 bits per heavy atom. The fourth-order valence-electron chi connectivity index (χ4n) is 2.49. The van der Waals surface area contributed by atoms with E-state index in [1.165, 1.54) is 11.8 Å². The number of halogens is 1. The molecule has 0 unspecified atom stereocenters. The number of carbonyl (C=O) groups excluding carboxylic acids is 1. The molecule has 1 heterocycles. The van der Waals surface area contributed by atoms with Crippen LogP contribution < -0.4 is 10.1 Å². The number of carbonyl (C=O) groups is 1. The van der Waals surface area contributed by atoms with Crippen molar-refractivity contribution in [3.05, 3.63) is 52.1 Å². The number of anilines is 1. The third-order valence-electron chi connectivity index (χ3n) is 3.84. The molecule has 0 atom stereocenters. The lowest BCUT2D eigenvalue weighted by Crippen LogP contribution is -2.14. The summed E-state index contributed by atoms with van der Waals surface area (Å²) in [5, 5.41) is 12.2. The lowest BCUT2D eigenvalue weighted by atomic mass is 10.2. The lowest BCUT2D eigenvalue weighted by Gasteiger charge is -2.08.